The summed E-state index contributed by atoms with van der Waals surface area (Å²) in [5.74, 6) is 0.762. The van der Waals surface area contributed by atoms with E-state index in [1.165, 1.54) is 12.8 Å². The van der Waals surface area contributed by atoms with E-state index in [1.54, 1.807) is 4.68 Å². The molecule has 0 aromatic carbocycles. The second kappa shape index (κ2) is 10.0. The van der Waals surface area contributed by atoms with Crippen LogP contribution in [-0.2, 0) is 11.3 Å². The van der Waals surface area contributed by atoms with Gasteiger partial charge in [-0.05, 0) is 58.2 Å². The number of carbonyl (C=O) groups excluding carboxylic acids is 1. The van der Waals surface area contributed by atoms with Crippen LogP contribution in [0.2, 0.25) is 0 Å². The van der Waals surface area contributed by atoms with Crippen LogP contribution in [0.4, 0.5) is 0 Å². The van der Waals surface area contributed by atoms with Crippen LogP contribution < -0.4 is 10.6 Å². The monoisotopic (exact) mass is 336 g/mol. The molecule has 1 saturated heterocycles. The van der Waals surface area contributed by atoms with Gasteiger partial charge in [0, 0.05) is 12.2 Å². The van der Waals surface area contributed by atoms with Crippen molar-refractivity contribution >= 4 is 30.7 Å². The number of hydrogen-bond acceptors (Lipinski definition) is 3. The Balaban J connectivity index is 0.00000200. The molecule has 122 valence electrons. The van der Waals surface area contributed by atoms with Gasteiger partial charge in [0.25, 0.3) is 0 Å². The quantitative estimate of drug-likeness (QED) is 0.862. The van der Waals surface area contributed by atoms with Crippen molar-refractivity contribution in [1.29, 1.82) is 0 Å². The van der Waals surface area contributed by atoms with Crippen molar-refractivity contribution in [1.82, 2.24) is 20.4 Å². The third-order valence-corrected chi connectivity index (χ3v) is 3.67. The molecule has 1 fully saturated rings. The van der Waals surface area contributed by atoms with Crippen molar-refractivity contribution in [3.63, 3.8) is 0 Å². The molecule has 2 N–H and O–H groups in total. The highest BCUT2D eigenvalue weighted by Crippen LogP contribution is 2.12. The Morgan fingerprint density at radius 3 is 2.81 bits per heavy atom. The Kier molecular flexibility index (Phi) is 9.66. The molecule has 0 saturated carbocycles. The maximum absolute atomic E-state index is 11.8. The zero-order valence-corrected chi connectivity index (χ0v) is 14.4. The van der Waals surface area contributed by atoms with Gasteiger partial charge in [0.15, 0.2) is 0 Å². The molecule has 21 heavy (non-hydrogen) atoms. The smallest absolute Gasteiger partial charge is 0.241 e. The Morgan fingerprint density at radius 2 is 2.24 bits per heavy atom. The minimum atomic E-state index is 0. The fourth-order valence-corrected chi connectivity index (χ4v) is 2.61. The van der Waals surface area contributed by atoms with Crippen LogP contribution in [-0.4, -0.2) is 35.3 Å². The second-order valence-electron chi connectivity index (χ2n) is 5.44. The summed E-state index contributed by atoms with van der Waals surface area (Å²) in [5, 5.41) is 10.7. The normalized spacial score (nSPS) is 17.5. The van der Waals surface area contributed by atoms with E-state index < -0.39 is 0 Å². The SMILES string of the molecule is Cc1cc(C)n(CC(=O)NCCC2CCCNC2)n1.Cl.Cl. The number of carbonyl (C=O) groups is 1. The molecule has 0 aliphatic carbocycles. The fourth-order valence-electron chi connectivity index (χ4n) is 2.61. The van der Waals surface area contributed by atoms with E-state index in [0.29, 0.717) is 12.5 Å². The van der Waals surface area contributed by atoms with E-state index in [0.717, 1.165) is 37.4 Å². The van der Waals surface area contributed by atoms with Crippen LogP contribution in [0.3, 0.4) is 0 Å². The summed E-state index contributed by atoms with van der Waals surface area (Å²) < 4.78 is 1.76. The van der Waals surface area contributed by atoms with E-state index >= 15 is 0 Å². The fraction of sp³-hybridized carbons (Fsp3) is 0.714. The van der Waals surface area contributed by atoms with Crippen molar-refractivity contribution < 1.29 is 4.79 Å². The maximum Gasteiger partial charge on any atom is 0.241 e. The second-order valence-corrected chi connectivity index (χ2v) is 5.44. The standard InChI is InChI=1S/C14H24N4O.2ClH/c1-11-8-12(2)18(17-11)10-14(19)16-7-5-13-4-3-6-15-9-13;;/h8,13,15H,3-7,9-10H2,1-2H3,(H,16,19);2*1H. The molecular weight excluding hydrogens is 311 g/mol. The van der Waals surface area contributed by atoms with Gasteiger partial charge >= 0.3 is 0 Å². The van der Waals surface area contributed by atoms with Gasteiger partial charge in [-0.3, -0.25) is 9.48 Å². The Labute approximate surface area is 139 Å². The molecule has 5 nitrogen and oxygen atoms in total. The Hall–Kier alpha value is -0.780. The van der Waals surface area contributed by atoms with Gasteiger partial charge in [0.05, 0.1) is 5.69 Å². The first-order valence-corrected chi connectivity index (χ1v) is 7.13. The largest absolute Gasteiger partial charge is 0.354 e. The van der Waals surface area contributed by atoms with Crippen LogP contribution in [0, 0.1) is 19.8 Å². The molecule has 0 spiro atoms. The first kappa shape index (κ1) is 20.2. The number of aryl methyl sites for hydroxylation is 2. The minimum absolute atomic E-state index is 0. The maximum atomic E-state index is 11.8. The topological polar surface area (TPSA) is 59.0 Å². The number of nitrogens with zero attached hydrogens (tertiary/aromatic N) is 2. The van der Waals surface area contributed by atoms with Gasteiger partial charge in [-0.25, -0.2) is 0 Å². The molecule has 1 unspecified atom stereocenters. The van der Waals surface area contributed by atoms with Gasteiger partial charge in [0.1, 0.15) is 6.54 Å². The first-order chi connectivity index (χ1) is 9.15. The predicted octanol–water partition coefficient (Wildman–Crippen LogP) is 1.85. The molecule has 0 bridgehead atoms. The van der Waals surface area contributed by atoms with E-state index in [4.69, 9.17) is 0 Å². The highest BCUT2D eigenvalue weighted by Gasteiger charge is 2.13. The molecule has 1 aliphatic rings. The van der Waals surface area contributed by atoms with Crippen molar-refractivity contribution in [2.45, 2.75) is 39.7 Å². The van der Waals surface area contributed by atoms with Gasteiger partial charge in [0.2, 0.25) is 5.91 Å². The first-order valence-electron chi connectivity index (χ1n) is 7.13. The van der Waals surface area contributed by atoms with Crippen LogP contribution in [0.1, 0.15) is 30.7 Å². The summed E-state index contributed by atoms with van der Waals surface area (Å²) in [7, 11) is 0. The number of nitrogens with one attached hydrogen (secondary N) is 2. The highest BCUT2D eigenvalue weighted by molar-refractivity contribution is 5.85. The number of amides is 1. The number of hydrogen-bond donors (Lipinski definition) is 2. The zero-order valence-electron chi connectivity index (χ0n) is 12.7. The van der Waals surface area contributed by atoms with Gasteiger partial charge in [-0.2, -0.15) is 5.10 Å². The highest BCUT2D eigenvalue weighted by atomic mass is 35.5. The van der Waals surface area contributed by atoms with Crippen molar-refractivity contribution in [3.8, 4) is 0 Å². The molecular formula is C14H26Cl2N4O. The number of rotatable bonds is 5. The van der Waals surface area contributed by atoms with E-state index in [-0.39, 0.29) is 30.7 Å². The molecule has 1 aromatic heterocycles. The van der Waals surface area contributed by atoms with Crippen molar-refractivity contribution in [2.75, 3.05) is 19.6 Å². The molecule has 2 heterocycles. The molecule has 7 heteroatoms. The summed E-state index contributed by atoms with van der Waals surface area (Å²) in [6.45, 7) is 7.24. The molecule has 0 radical (unpaired) electrons. The predicted molar refractivity (Wildman–Crippen MR) is 89.4 cm³/mol. The van der Waals surface area contributed by atoms with Gasteiger partial charge < -0.3 is 10.6 Å². The van der Waals surface area contributed by atoms with Crippen LogP contribution in [0.5, 0.6) is 0 Å². The van der Waals surface area contributed by atoms with Gasteiger partial charge in [-0.15, -0.1) is 24.8 Å². The van der Waals surface area contributed by atoms with Crippen LogP contribution >= 0.6 is 24.8 Å². The van der Waals surface area contributed by atoms with E-state index in [1.807, 2.05) is 19.9 Å². The Morgan fingerprint density at radius 1 is 1.48 bits per heavy atom. The van der Waals surface area contributed by atoms with Crippen molar-refractivity contribution in [3.05, 3.63) is 17.5 Å². The molecule has 2 rings (SSSR count). The van der Waals surface area contributed by atoms with Crippen LogP contribution in [0.15, 0.2) is 6.07 Å². The lowest BCUT2D eigenvalue weighted by molar-refractivity contribution is -0.121. The van der Waals surface area contributed by atoms with E-state index in [9.17, 15) is 4.79 Å². The molecule has 1 aromatic rings. The van der Waals surface area contributed by atoms with Crippen LogP contribution in [0.25, 0.3) is 0 Å². The summed E-state index contributed by atoms with van der Waals surface area (Å²) >= 11 is 0. The zero-order chi connectivity index (χ0) is 13.7. The third kappa shape index (κ3) is 6.68. The minimum Gasteiger partial charge on any atom is -0.354 e. The summed E-state index contributed by atoms with van der Waals surface area (Å²) in [6.07, 6.45) is 3.60. The average Bonchev–Trinajstić information content (AvgIpc) is 2.69. The average molecular weight is 337 g/mol. The number of halogens is 2. The molecule has 1 aliphatic heterocycles. The number of aromatic nitrogens is 2. The van der Waals surface area contributed by atoms with Gasteiger partial charge in [-0.1, -0.05) is 0 Å². The summed E-state index contributed by atoms with van der Waals surface area (Å²) in [4.78, 5) is 11.8. The third-order valence-electron chi connectivity index (χ3n) is 3.67. The molecule has 1 atom stereocenters. The summed E-state index contributed by atoms with van der Waals surface area (Å²) in [5.41, 5.74) is 1.99. The lowest BCUT2D eigenvalue weighted by Gasteiger charge is -2.22. The molecule has 1 amide bonds. The Bertz CT molecular complexity index is 431. The lowest BCUT2D eigenvalue weighted by Crippen LogP contribution is -2.34. The van der Waals surface area contributed by atoms with Crippen molar-refractivity contribution in [2.24, 2.45) is 5.92 Å². The number of piperidine rings is 1. The summed E-state index contributed by atoms with van der Waals surface area (Å²) in [6, 6.07) is 1.99. The lowest BCUT2D eigenvalue weighted by atomic mass is 9.96. The van der Waals surface area contributed by atoms with E-state index in [2.05, 4.69) is 15.7 Å².